The van der Waals surface area contributed by atoms with Crippen LogP contribution in [0.4, 0.5) is 0 Å². The molecule has 0 unspecified atom stereocenters. The van der Waals surface area contributed by atoms with E-state index in [-0.39, 0.29) is 39.5 Å². The van der Waals surface area contributed by atoms with Gasteiger partial charge in [-0.3, -0.25) is 9.59 Å². The Morgan fingerprint density at radius 1 is 0.667 bits per heavy atom. The maximum Gasteiger partial charge on any atom is 0.303 e. The molecule has 0 aliphatic carbocycles. The average molecular weight is 772 g/mol. The second-order valence-corrected chi connectivity index (χ2v) is 14.9. The van der Waals surface area contributed by atoms with Gasteiger partial charge in [-0.1, -0.05) is 91.0 Å². The van der Waals surface area contributed by atoms with Gasteiger partial charge in [-0.15, -0.1) is 0 Å². The van der Waals surface area contributed by atoms with Crippen LogP contribution in [0.3, 0.4) is 0 Å². The van der Waals surface area contributed by atoms with E-state index in [0.29, 0.717) is 0 Å². The number of esters is 2. The van der Waals surface area contributed by atoms with Crippen LogP contribution >= 0.6 is 0 Å². The number of carbonyl (C=O) groups excluding carboxylic acids is 2. The molecule has 0 amide bonds. The second-order valence-electron chi connectivity index (χ2n) is 13.1. The molecular formula is C39H49NO13S. The smallest absolute Gasteiger partial charge is 0.303 e. The molecule has 0 radical (unpaired) electrons. The highest BCUT2D eigenvalue weighted by Crippen LogP contribution is 2.32. The fourth-order valence-electron chi connectivity index (χ4n) is 6.38. The quantitative estimate of drug-likeness (QED) is 0.187. The van der Waals surface area contributed by atoms with Crippen LogP contribution in [0.15, 0.2) is 91.0 Å². The third-order valence-corrected chi connectivity index (χ3v) is 9.51. The molecule has 0 saturated carbocycles. The number of carbonyl (C=O) groups is 2. The summed E-state index contributed by atoms with van der Waals surface area (Å²) in [5, 5.41) is 0. The number of sulfonamides is 1. The van der Waals surface area contributed by atoms with Crippen LogP contribution in [0, 0.1) is 0 Å². The summed E-state index contributed by atoms with van der Waals surface area (Å²) in [5.74, 6) is -1.26. The molecule has 2 heterocycles. The molecule has 2 aliphatic heterocycles. The Kier molecular flexibility index (Phi) is 15.5. The van der Waals surface area contributed by atoms with Crippen molar-refractivity contribution in [3.05, 3.63) is 108 Å². The number of rotatable bonds is 18. The zero-order chi connectivity index (χ0) is 38.5. The van der Waals surface area contributed by atoms with E-state index in [2.05, 4.69) is 4.72 Å². The lowest BCUT2D eigenvalue weighted by Crippen LogP contribution is -2.62. The average Bonchev–Trinajstić information content (AvgIpc) is 3.15. The number of ether oxygens (including phenoxy) is 9. The van der Waals surface area contributed by atoms with Crippen molar-refractivity contribution in [2.75, 3.05) is 26.6 Å². The van der Waals surface area contributed by atoms with Gasteiger partial charge in [0.25, 0.3) is 0 Å². The highest BCUT2D eigenvalue weighted by Gasteiger charge is 2.50. The van der Waals surface area contributed by atoms with Crippen LogP contribution < -0.4 is 4.72 Å². The molecular weight excluding hydrogens is 722 g/mol. The molecule has 15 heteroatoms. The molecule has 294 valence electrons. The van der Waals surface area contributed by atoms with Gasteiger partial charge >= 0.3 is 11.9 Å². The van der Waals surface area contributed by atoms with Gasteiger partial charge in [-0.2, -0.15) is 0 Å². The molecule has 2 aliphatic rings. The molecule has 0 bridgehead atoms. The first-order valence-electron chi connectivity index (χ1n) is 17.7. The first-order valence-corrected chi connectivity index (χ1v) is 19.6. The lowest BCUT2D eigenvalue weighted by Gasteiger charge is -2.46. The highest BCUT2D eigenvalue weighted by atomic mass is 32.2. The van der Waals surface area contributed by atoms with Crippen LogP contribution in [0.25, 0.3) is 0 Å². The molecule has 14 nitrogen and oxygen atoms in total. The van der Waals surface area contributed by atoms with Gasteiger partial charge in [0.1, 0.15) is 43.2 Å². The van der Waals surface area contributed by atoms with Crippen molar-refractivity contribution < 1.29 is 60.6 Å². The Bertz CT molecular complexity index is 1700. The molecule has 0 spiro atoms. The van der Waals surface area contributed by atoms with Gasteiger partial charge in [0.2, 0.25) is 10.0 Å². The number of hydrogen-bond donors (Lipinski definition) is 1. The Morgan fingerprint density at radius 3 is 1.65 bits per heavy atom. The lowest BCUT2D eigenvalue weighted by atomic mass is 9.97. The summed E-state index contributed by atoms with van der Waals surface area (Å²) in [7, 11) is -2.26. The number of methoxy groups -OCH3 is 1. The van der Waals surface area contributed by atoms with Crippen LogP contribution in [-0.2, 0) is 82.1 Å². The van der Waals surface area contributed by atoms with Crippen molar-refractivity contribution >= 4 is 22.0 Å². The second kappa shape index (κ2) is 20.2. The van der Waals surface area contributed by atoms with E-state index < -0.39 is 77.2 Å². The van der Waals surface area contributed by atoms with Gasteiger partial charge in [-0.05, 0) is 16.7 Å². The third-order valence-electron chi connectivity index (χ3n) is 8.78. The summed E-state index contributed by atoms with van der Waals surface area (Å²) in [6.45, 7) is 2.69. The lowest BCUT2D eigenvalue weighted by molar-refractivity contribution is -0.331. The maximum atomic E-state index is 12.4. The number of nitrogens with one attached hydrogen (secondary N) is 1. The van der Waals surface area contributed by atoms with Crippen LogP contribution in [-0.4, -0.2) is 102 Å². The van der Waals surface area contributed by atoms with Gasteiger partial charge in [0, 0.05) is 27.4 Å². The van der Waals surface area contributed by atoms with Crippen molar-refractivity contribution in [1.82, 2.24) is 4.72 Å². The van der Waals surface area contributed by atoms with E-state index in [9.17, 15) is 18.0 Å². The van der Waals surface area contributed by atoms with Crippen molar-refractivity contribution in [3.63, 3.8) is 0 Å². The summed E-state index contributed by atoms with van der Waals surface area (Å²) in [5.41, 5.74) is 2.81. The molecule has 0 aromatic heterocycles. The SMILES string of the molecule is CO[C@H]1O[C@H](CO[C@@H]2C[C@H](NS(C)(=O)=O)[C@H](OC(C)=O)[C@@H](COC(C)=O)O2)[C@@H](OCc2ccccc2)[C@H](OCc2ccccc2)[C@H]1OCc1ccccc1. The summed E-state index contributed by atoms with van der Waals surface area (Å²) >= 11 is 0. The minimum atomic E-state index is -3.78. The number of benzene rings is 3. The maximum absolute atomic E-state index is 12.4. The molecule has 1 N–H and O–H groups in total. The minimum Gasteiger partial charge on any atom is -0.463 e. The molecule has 54 heavy (non-hydrogen) atoms. The first-order chi connectivity index (χ1) is 26.0. The molecule has 2 saturated heterocycles. The van der Waals surface area contributed by atoms with E-state index in [1.807, 2.05) is 91.0 Å². The van der Waals surface area contributed by atoms with Crippen molar-refractivity contribution in [3.8, 4) is 0 Å². The van der Waals surface area contributed by atoms with E-state index in [0.717, 1.165) is 22.9 Å². The van der Waals surface area contributed by atoms with Crippen molar-refractivity contribution in [2.24, 2.45) is 0 Å². The van der Waals surface area contributed by atoms with Gasteiger partial charge in [0.15, 0.2) is 12.6 Å². The largest absolute Gasteiger partial charge is 0.463 e. The Hall–Kier alpha value is -3.77. The normalized spacial score (nSPS) is 27.2. The standard InChI is InChI=1S/C39H49NO13S/c1-26(41)46-24-32-35(51-27(2)42)31(40-54(4,43)44)20-34(52-32)47-25-33-36(48-21-28-14-8-5-9-15-28)37(49-22-29-16-10-6-11-17-29)38(39(45-3)53-33)50-23-30-18-12-7-13-19-30/h5-19,31-40H,20-25H2,1-4H3/t31-,32+,33+,34-,35-,36+,37-,38+,39-/m0/s1. The van der Waals surface area contributed by atoms with E-state index >= 15 is 0 Å². The van der Waals surface area contributed by atoms with Gasteiger partial charge in [0.05, 0.1) is 38.7 Å². The fourth-order valence-corrected chi connectivity index (χ4v) is 7.16. The molecule has 3 aromatic carbocycles. The van der Waals surface area contributed by atoms with Crippen LogP contribution in [0.2, 0.25) is 0 Å². The van der Waals surface area contributed by atoms with Gasteiger partial charge < -0.3 is 42.6 Å². The monoisotopic (exact) mass is 771 g/mol. The van der Waals surface area contributed by atoms with Gasteiger partial charge in [-0.25, -0.2) is 13.1 Å². The zero-order valence-corrected chi connectivity index (χ0v) is 31.6. The first kappa shape index (κ1) is 41.4. The summed E-state index contributed by atoms with van der Waals surface area (Å²) in [4.78, 5) is 23.8. The Balaban J connectivity index is 1.42. The molecule has 5 rings (SSSR count). The van der Waals surface area contributed by atoms with Crippen molar-refractivity contribution in [1.29, 1.82) is 0 Å². The predicted molar refractivity (Wildman–Crippen MR) is 194 cm³/mol. The predicted octanol–water partition coefficient (Wildman–Crippen LogP) is 3.66. The van der Waals surface area contributed by atoms with Crippen molar-refractivity contribution in [2.45, 2.75) is 95.3 Å². The Morgan fingerprint density at radius 2 is 1.17 bits per heavy atom. The number of hydrogen-bond acceptors (Lipinski definition) is 13. The van der Waals surface area contributed by atoms with E-state index in [4.69, 9.17) is 42.6 Å². The van der Waals surface area contributed by atoms with Crippen LogP contribution in [0.1, 0.15) is 37.0 Å². The topological polar surface area (TPSA) is 163 Å². The summed E-state index contributed by atoms with van der Waals surface area (Å²) in [6, 6.07) is 28.1. The molecule has 2 fully saturated rings. The van der Waals surface area contributed by atoms with E-state index in [1.165, 1.54) is 21.0 Å². The zero-order valence-electron chi connectivity index (χ0n) is 30.8. The molecule has 9 atom stereocenters. The minimum absolute atomic E-state index is 0.0473. The highest BCUT2D eigenvalue weighted by molar-refractivity contribution is 7.88. The molecule has 3 aromatic rings. The fraction of sp³-hybridized carbons (Fsp3) is 0.487. The third kappa shape index (κ3) is 12.6. The summed E-state index contributed by atoms with van der Waals surface area (Å²) in [6.07, 6.45) is -6.20. The van der Waals surface area contributed by atoms with Crippen LogP contribution in [0.5, 0.6) is 0 Å². The van der Waals surface area contributed by atoms with E-state index in [1.54, 1.807) is 0 Å². The Labute approximate surface area is 316 Å². The summed E-state index contributed by atoms with van der Waals surface area (Å²) < 4.78 is 82.6.